The van der Waals surface area contributed by atoms with Crippen molar-refractivity contribution in [2.45, 2.75) is 38.3 Å². The zero-order valence-corrected chi connectivity index (χ0v) is 11.1. The van der Waals surface area contributed by atoms with Crippen molar-refractivity contribution < 1.29 is 9.53 Å². The summed E-state index contributed by atoms with van der Waals surface area (Å²) in [5.74, 6) is -0.171. The molecule has 1 unspecified atom stereocenters. The summed E-state index contributed by atoms with van der Waals surface area (Å²) in [7, 11) is 1.71. The van der Waals surface area contributed by atoms with E-state index in [0.717, 1.165) is 12.8 Å². The number of amides is 1. The van der Waals surface area contributed by atoms with Gasteiger partial charge in [0.25, 0.3) is 5.91 Å². The number of aryl methyl sites for hydroxylation is 1. The number of anilines is 1. The number of rotatable bonds is 2. The standard InChI is InChI=1S/C12H20N4O2/c1-12(2)6-8(4-5-18-12)15-11(17)10-9(13)7-14-16(10)3/h7-8H,4-6,13H2,1-3H3,(H,15,17). The van der Waals surface area contributed by atoms with Crippen LogP contribution in [0.25, 0.3) is 0 Å². The monoisotopic (exact) mass is 252 g/mol. The molecular formula is C12H20N4O2. The number of aromatic nitrogens is 2. The first-order chi connectivity index (χ1) is 8.39. The van der Waals surface area contributed by atoms with Gasteiger partial charge in [-0.3, -0.25) is 9.48 Å². The lowest BCUT2D eigenvalue weighted by Gasteiger charge is -2.35. The quantitative estimate of drug-likeness (QED) is 0.811. The second kappa shape index (κ2) is 4.61. The molecule has 1 aliphatic rings. The molecule has 1 atom stereocenters. The first-order valence-corrected chi connectivity index (χ1v) is 6.11. The molecule has 2 rings (SSSR count). The number of carbonyl (C=O) groups is 1. The molecule has 18 heavy (non-hydrogen) atoms. The van der Waals surface area contributed by atoms with Crippen LogP contribution in [-0.4, -0.2) is 33.9 Å². The van der Waals surface area contributed by atoms with Crippen LogP contribution in [-0.2, 0) is 11.8 Å². The summed E-state index contributed by atoms with van der Waals surface area (Å²) in [6, 6.07) is 0.121. The molecule has 2 heterocycles. The van der Waals surface area contributed by atoms with E-state index in [4.69, 9.17) is 10.5 Å². The summed E-state index contributed by atoms with van der Waals surface area (Å²) in [5, 5.41) is 6.96. The molecule has 1 saturated heterocycles. The molecular weight excluding hydrogens is 232 g/mol. The maximum Gasteiger partial charge on any atom is 0.271 e. The molecule has 6 heteroatoms. The normalized spacial score (nSPS) is 22.7. The molecule has 0 radical (unpaired) electrons. The second-order valence-electron chi connectivity index (χ2n) is 5.34. The third-order valence-electron chi connectivity index (χ3n) is 3.21. The van der Waals surface area contributed by atoms with Gasteiger partial charge >= 0.3 is 0 Å². The summed E-state index contributed by atoms with van der Waals surface area (Å²) in [6.07, 6.45) is 3.12. The van der Waals surface area contributed by atoms with E-state index in [1.807, 2.05) is 13.8 Å². The Morgan fingerprint density at radius 3 is 2.94 bits per heavy atom. The Balaban J connectivity index is 2.04. The van der Waals surface area contributed by atoms with Gasteiger partial charge in [-0.2, -0.15) is 5.10 Å². The topological polar surface area (TPSA) is 82.2 Å². The number of carbonyl (C=O) groups excluding carboxylic acids is 1. The van der Waals surface area contributed by atoms with E-state index in [1.54, 1.807) is 7.05 Å². The van der Waals surface area contributed by atoms with Crippen LogP contribution in [0, 0.1) is 0 Å². The van der Waals surface area contributed by atoms with Crippen molar-refractivity contribution in [2.75, 3.05) is 12.3 Å². The zero-order chi connectivity index (χ0) is 13.3. The Morgan fingerprint density at radius 1 is 1.67 bits per heavy atom. The van der Waals surface area contributed by atoms with Crippen molar-refractivity contribution in [1.29, 1.82) is 0 Å². The first kappa shape index (κ1) is 12.9. The minimum absolute atomic E-state index is 0.121. The van der Waals surface area contributed by atoms with Gasteiger partial charge in [-0.15, -0.1) is 0 Å². The van der Waals surface area contributed by atoms with E-state index in [1.165, 1.54) is 10.9 Å². The van der Waals surface area contributed by atoms with Gasteiger partial charge in [0.1, 0.15) is 5.69 Å². The van der Waals surface area contributed by atoms with Crippen LogP contribution < -0.4 is 11.1 Å². The van der Waals surface area contributed by atoms with Gasteiger partial charge in [-0.05, 0) is 26.7 Å². The largest absolute Gasteiger partial charge is 0.396 e. The van der Waals surface area contributed by atoms with Crippen LogP contribution in [0.1, 0.15) is 37.2 Å². The number of nitrogens with zero attached hydrogens (tertiary/aromatic N) is 2. The van der Waals surface area contributed by atoms with Crippen molar-refractivity contribution in [3.8, 4) is 0 Å². The van der Waals surface area contributed by atoms with Crippen LogP contribution in [0.2, 0.25) is 0 Å². The summed E-state index contributed by atoms with van der Waals surface area (Å²) in [5.41, 5.74) is 6.37. The van der Waals surface area contributed by atoms with Gasteiger partial charge in [0.2, 0.25) is 0 Å². The zero-order valence-electron chi connectivity index (χ0n) is 11.1. The van der Waals surface area contributed by atoms with Gasteiger partial charge in [-0.25, -0.2) is 0 Å². The summed E-state index contributed by atoms with van der Waals surface area (Å²) in [6.45, 7) is 4.73. The molecule has 3 N–H and O–H groups in total. The smallest absolute Gasteiger partial charge is 0.271 e. The fraction of sp³-hybridized carbons (Fsp3) is 0.667. The van der Waals surface area contributed by atoms with Gasteiger partial charge < -0.3 is 15.8 Å². The van der Waals surface area contributed by atoms with Crippen molar-refractivity contribution in [3.63, 3.8) is 0 Å². The van der Waals surface area contributed by atoms with Gasteiger partial charge in [-0.1, -0.05) is 0 Å². The Bertz CT molecular complexity index is 433. The molecule has 0 aliphatic carbocycles. The average Bonchev–Trinajstić information content (AvgIpc) is 2.57. The van der Waals surface area contributed by atoms with E-state index >= 15 is 0 Å². The maximum absolute atomic E-state index is 12.1. The molecule has 0 saturated carbocycles. The summed E-state index contributed by atoms with van der Waals surface area (Å²) >= 11 is 0. The summed E-state index contributed by atoms with van der Waals surface area (Å²) in [4.78, 5) is 12.1. The predicted molar refractivity (Wildman–Crippen MR) is 68.1 cm³/mol. The fourth-order valence-corrected chi connectivity index (χ4v) is 2.34. The third-order valence-corrected chi connectivity index (χ3v) is 3.21. The number of nitrogens with one attached hydrogen (secondary N) is 1. The fourth-order valence-electron chi connectivity index (χ4n) is 2.34. The Hall–Kier alpha value is -1.56. The molecule has 0 spiro atoms. The van der Waals surface area contributed by atoms with Crippen molar-refractivity contribution >= 4 is 11.6 Å². The minimum atomic E-state index is -0.186. The Labute approximate surface area is 106 Å². The Morgan fingerprint density at radius 2 is 2.39 bits per heavy atom. The Kier molecular flexibility index (Phi) is 3.30. The summed E-state index contributed by atoms with van der Waals surface area (Å²) < 4.78 is 7.12. The van der Waals surface area contributed by atoms with Gasteiger partial charge in [0, 0.05) is 19.7 Å². The number of hydrogen-bond donors (Lipinski definition) is 2. The maximum atomic E-state index is 12.1. The minimum Gasteiger partial charge on any atom is -0.396 e. The van der Waals surface area contributed by atoms with Crippen LogP contribution in [0.4, 0.5) is 5.69 Å². The second-order valence-corrected chi connectivity index (χ2v) is 5.34. The van der Waals surface area contributed by atoms with E-state index in [2.05, 4.69) is 10.4 Å². The van der Waals surface area contributed by atoms with Crippen LogP contribution in [0.3, 0.4) is 0 Å². The van der Waals surface area contributed by atoms with Crippen molar-refractivity contribution in [1.82, 2.24) is 15.1 Å². The lowest BCUT2D eigenvalue weighted by molar-refractivity contribution is -0.0615. The molecule has 0 aromatic carbocycles. The molecule has 1 aromatic heterocycles. The number of hydrogen-bond acceptors (Lipinski definition) is 4. The van der Waals surface area contributed by atoms with Crippen molar-refractivity contribution in [2.24, 2.45) is 7.05 Å². The average molecular weight is 252 g/mol. The lowest BCUT2D eigenvalue weighted by Crippen LogP contribution is -2.46. The molecule has 1 aromatic rings. The number of nitrogen functional groups attached to an aromatic ring is 1. The highest BCUT2D eigenvalue weighted by atomic mass is 16.5. The van der Waals surface area contributed by atoms with E-state index in [9.17, 15) is 4.79 Å². The molecule has 1 amide bonds. The molecule has 1 fully saturated rings. The van der Waals surface area contributed by atoms with Crippen LogP contribution in [0.5, 0.6) is 0 Å². The van der Waals surface area contributed by atoms with Gasteiger partial charge in [0.05, 0.1) is 17.5 Å². The van der Waals surface area contributed by atoms with E-state index < -0.39 is 0 Å². The third kappa shape index (κ3) is 2.64. The van der Waals surface area contributed by atoms with Crippen molar-refractivity contribution in [3.05, 3.63) is 11.9 Å². The molecule has 0 bridgehead atoms. The van der Waals surface area contributed by atoms with Crippen LogP contribution >= 0.6 is 0 Å². The SMILES string of the molecule is Cn1ncc(N)c1C(=O)NC1CCOC(C)(C)C1. The first-order valence-electron chi connectivity index (χ1n) is 6.11. The molecule has 100 valence electrons. The molecule has 1 aliphatic heterocycles. The van der Waals surface area contributed by atoms with Gasteiger partial charge in [0.15, 0.2) is 0 Å². The lowest BCUT2D eigenvalue weighted by atomic mass is 9.94. The highest BCUT2D eigenvalue weighted by Crippen LogP contribution is 2.24. The molecule has 6 nitrogen and oxygen atoms in total. The van der Waals surface area contributed by atoms with E-state index in [-0.39, 0.29) is 17.6 Å². The van der Waals surface area contributed by atoms with E-state index in [0.29, 0.717) is 18.0 Å². The predicted octanol–water partition coefficient (Wildman–Crippen LogP) is 0.690. The number of ether oxygens (including phenoxy) is 1. The van der Waals surface area contributed by atoms with Crippen LogP contribution in [0.15, 0.2) is 6.20 Å². The highest BCUT2D eigenvalue weighted by molar-refractivity contribution is 5.97. The number of nitrogens with two attached hydrogens (primary N) is 1. The highest BCUT2D eigenvalue weighted by Gasteiger charge is 2.30.